The van der Waals surface area contributed by atoms with Gasteiger partial charge in [-0.15, -0.1) is 0 Å². The van der Waals surface area contributed by atoms with Crippen LogP contribution in [0, 0.1) is 5.41 Å². The molecule has 0 saturated carbocycles. The van der Waals surface area contributed by atoms with E-state index in [0.29, 0.717) is 0 Å². The number of nitrogens with zero attached hydrogens (tertiary/aromatic N) is 1. The zero-order chi connectivity index (χ0) is 15.9. The van der Waals surface area contributed by atoms with Gasteiger partial charge in [0.15, 0.2) is 0 Å². The molecule has 0 aromatic heterocycles. The van der Waals surface area contributed by atoms with Crippen LogP contribution in [0.3, 0.4) is 0 Å². The molecule has 0 aromatic rings. The maximum Gasteiger partial charge on any atom is 0.326 e. The highest BCUT2D eigenvalue weighted by Gasteiger charge is 2.32. The van der Waals surface area contributed by atoms with Crippen molar-refractivity contribution in [1.29, 1.82) is 0 Å². The van der Waals surface area contributed by atoms with E-state index in [-0.39, 0.29) is 6.04 Å². The van der Waals surface area contributed by atoms with Gasteiger partial charge in [-0.05, 0) is 25.4 Å². The molecule has 0 saturated heterocycles. The lowest BCUT2D eigenvalue weighted by atomic mass is 9.87. The summed E-state index contributed by atoms with van der Waals surface area (Å²) in [6, 6.07) is -1.39. The molecule has 0 radical (unpaired) electrons. The fourth-order valence-corrected chi connectivity index (χ4v) is 1.96. The molecule has 0 heterocycles. The number of carbonyl (C=O) groups excluding carboxylic acids is 1. The van der Waals surface area contributed by atoms with Gasteiger partial charge in [-0.2, -0.15) is 0 Å². The summed E-state index contributed by atoms with van der Waals surface area (Å²) in [6.45, 7) is 14.0. The number of carboxylic acids is 1. The van der Waals surface area contributed by atoms with Crippen molar-refractivity contribution in [1.82, 2.24) is 15.5 Å². The average Bonchev–Trinajstić information content (AvgIpc) is 2.31. The molecule has 2 atom stereocenters. The van der Waals surface area contributed by atoms with Crippen LogP contribution in [0.2, 0.25) is 0 Å². The van der Waals surface area contributed by atoms with Crippen LogP contribution in [0.5, 0.6) is 0 Å². The van der Waals surface area contributed by atoms with Gasteiger partial charge in [-0.25, -0.2) is 9.59 Å². The fraction of sp³-hybridized carbons (Fsp3) is 0.857. The van der Waals surface area contributed by atoms with Gasteiger partial charge in [0.05, 0.1) is 0 Å². The van der Waals surface area contributed by atoms with Gasteiger partial charge in [-0.1, -0.05) is 34.6 Å². The van der Waals surface area contributed by atoms with Crippen LogP contribution in [0.1, 0.15) is 41.5 Å². The summed E-state index contributed by atoms with van der Waals surface area (Å²) in [6.07, 6.45) is 0. The minimum atomic E-state index is -1.02. The number of carboxylic acid groups (broad SMARTS) is 1. The highest BCUT2D eigenvalue weighted by molar-refractivity contribution is 5.83. The lowest BCUT2D eigenvalue weighted by molar-refractivity contribution is -0.141. The Bertz CT molecular complexity index is 322. The molecule has 0 aliphatic carbocycles. The van der Waals surface area contributed by atoms with Crippen molar-refractivity contribution in [2.75, 3.05) is 19.6 Å². The molecular formula is C14H29N3O3. The zero-order valence-corrected chi connectivity index (χ0v) is 13.5. The first-order chi connectivity index (χ1) is 9.11. The van der Waals surface area contributed by atoms with E-state index in [1.807, 2.05) is 6.92 Å². The monoisotopic (exact) mass is 287 g/mol. The Morgan fingerprint density at radius 1 is 1.15 bits per heavy atom. The minimum Gasteiger partial charge on any atom is -0.480 e. The quantitative estimate of drug-likeness (QED) is 0.663. The summed E-state index contributed by atoms with van der Waals surface area (Å²) in [5.41, 5.74) is -0.536. The largest absolute Gasteiger partial charge is 0.480 e. The molecule has 0 bridgehead atoms. The Balaban J connectivity index is 4.43. The van der Waals surface area contributed by atoms with Crippen LogP contribution in [-0.2, 0) is 4.79 Å². The summed E-state index contributed by atoms with van der Waals surface area (Å²) >= 11 is 0. The van der Waals surface area contributed by atoms with E-state index < -0.39 is 23.5 Å². The molecule has 0 spiro atoms. The van der Waals surface area contributed by atoms with Crippen LogP contribution in [0.25, 0.3) is 0 Å². The molecule has 118 valence electrons. The second kappa shape index (κ2) is 8.09. The van der Waals surface area contributed by atoms with Crippen molar-refractivity contribution >= 4 is 12.0 Å². The minimum absolute atomic E-state index is 0.0377. The van der Waals surface area contributed by atoms with E-state index in [4.69, 9.17) is 5.11 Å². The second-order valence-electron chi connectivity index (χ2n) is 6.14. The molecule has 20 heavy (non-hydrogen) atoms. The molecular weight excluding hydrogens is 258 g/mol. The second-order valence-corrected chi connectivity index (χ2v) is 6.14. The molecule has 1 unspecified atom stereocenters. The van der Waals surface area contributed by atoms with Crippen molar-refractivity contribution in [2.45, 2.75) is 53.6 Å². The van der Waals surface area contributed by atoms with E-state index in [1.54, 1.807) is 20.8 Å². The number of likely N-dealkylation sites (N-methyl/N-ethyl adjacent to an activating group) is 1. The summed E-state index contributed by atoms with van der Waals surface area (Å²) in [5.74, 6) is -1.02. The van der Waals surface area contributed by atoms with Crippen molar-refractivity contribution in [3.05, 3.63) is 0 Å². The maximum absolute atomic E-state index is 11.9. The van der Waals surface area contributed by atoms with Crippen LogP contribution in [0.4, 0.5) is 4.79 Å². The van der Waals surface area contributed by atoms with Crippen molar-refractivity contribution in [3.63, 3.8) is 0 Å². The summed E-state index contributed by atoms with van der Waals surface area (Å²) in [4.78, 5) is 25.3. The van der Waals surface area contributed by atoms with Gasteiger partial charge in [-0.3, -0.25) is 0 Å². The summed E-state index contributed by atoms with van der Waals surface area (Å²) in [5, 5.41) is 14.5. The number of hydrogen-bond acceptors (Lipinski definition) is 3. The first kappa shape index (κ1) is 18.7. The number of carbonyl (C=O) groups is 2. The number of rotatable bonds is 7. The molecule has 3 N–H and O–H groups in total. The Morgan fingerprint density at radius 2 is 1.65 bits per heavy atom. The lowest BCUT2D eigenvalue weighted by Gasteiger charge is -2.29. The van der Waals surface area contributed by atoms with Crippen LogP contribution >= 0.6 is 0 Å². The van der Waals surface area contributed by atoms with Crippen LogP contribution in [-0.4, -0.2) is 53.7 Å². The number of nitrogens with one attached hydrogen (secondary N) is 2. The predicted octanol–water partition coefficient (Wildman–Crippen LogP) is 1.52. The Morgan fingerprint density at radius 3 is 2.00 bits per heavy atom. The van der Waals surface area contributed by atoms with Crippen LogP contribution in [0.15, 0.2) is 0 Å². The van der Waals surface area contributed by atoms with E-state index in [1.165, 1.54) is 0 Å². The lowest BCUT2D eigenvalue weighted by Crippen LogP contribution is -2.54. The van der Waals surface area contributed by atoms with E-state index in [0.717, 1.165) is 19.6 Å². The predicted molar refractivity (Wildman–Crippen MR) is 79.8 cm³/mol. The van der Waals surface area contributed by atoms with Crippen molar-refractivity contribution < 1.29 is 14.7 Å². The topological polar surface area (TPSA) is 81.7 Å². The van der Waals surface area contributed by atoms with Gasteiger partial charge < -0.3 is 20.6 Å². The highest BCUT2D eigenvalue weighted by atomic mass is 16.4. The van der Waals surface area contributed by atoms with Crippen molar-refractivity contribution in [3.8, 4) is 0 Å². The maximum atomic E-state index is 11.9. The third-order valence-electron chi connectivity index (χ3n) is 3.19. The Kier molecular flexibility index (Phi) is 7.57. The first-order valence-corrected chi connectivity index (χ1v) is 7.14. The van der Waals surface area contributed by atoms with Gasteiger partial charge in [0.25, 0.3) is 0 Å². The SMILES string of the molecule is CCN(CC)CC(C)NC(=O)N[C@H](C(=O)O)C(C)(C)C. The highest BCUT2D eigenvalue weighted by Crippen LogP contribution is 2.19. The standard InChI is InChI=1S/C14H29N3O3/c1-7-17(8-2)9-10(3)15-13(20)16-11(12(18)19)14(4,5)6/h10-11H,7-9H2,1-6H3,(H,18,19)(H2,15,16,20)/t10?,11-/m1/s1. The first-order valence-electron chi connectivity index (χ1n) is 7.14. The molecule has 0 aliphatic rings. The molecule has 2 amide bonds. The number of amides is 2. The molecule has 0 fully saturated rings. The van der Waals surface area contributed by atoms with E-state index in [9.17, 15) is 9.59 Å². The Hall–Kier alpha value is -1.30. The number of aliphatic carboxylic acids is 1. The van der Waals surface area contributed by atoms with Gasteiger partial charge in [0, 0.05) is 12.6 Å². The molecule has 0 rings (SSSR count). The third kappa shape index (κ3) is 6.75. The summed E-state index contributed by atoms with van der Waals surface area (Å²) < 4.78 is 0. The molecule has 0 aliphatic heterocycles. The molecule has 0 aromatic carbocycles. The Labute approximate surface area is 121 Å². The molecule has 6 heteroatoms. The normalized spacial score (nSPS) is 14.8. The van der Waals surface area contributed by atoms with E-state index in [2.05, 4.69) is 29.4 Å². The third-order valence-corrected chi connectivity index (χ3v) is 3.19. The number of hydrogen-bond donors (Lipinski definition) is 3. The fourth-order valence-electron chi connectivity index (χ4n) is 1.96. The zero-order valence-electron chi connectivity index (χ0n) is 13.5. The number of urea groups is 1. The van der Waals surface area contributed by atoms with Gasteiger partial charge >= 0.3 is 12.0 Å². The van der Waals surface area contributed by atoms with Crippen LogP contribution < -0.4 is 10.6 Å². The summed E-state index contributed by atoms with van der Waals surface area (Å²) in [7, 11) is 0. The average molecular weight is 287 g/mol. The van der Waals surface area contributed by atoms with Crippen molar-refractivity contribution in [2.24, 2.45) is 5.41 Å². The van der Waals surface area contributed by atoms with Gasteiger partial charge in [0.2, 0.25) is 0 Å². The van der Waals surface area contributed by atoms with E-state index >= 15 is 0 Å². The smallest absolute Gasteiger partial charge is 0.326 e. The van der Waals surface area contributed by atoms with Gasteiger partial charge in [0.1, 0.15) is 6.04 Å². The molecule has 6 nitrogen and oxygen atoms in total.